The van der Waals surface area contributed by atoms with Crippen LogP contribution in [0.15, 0.2) is 42.9 Å². The Balaban J connectivity index is 1.90. The van der Waals surface area contributed by atoms with Crippen LogP contribution < -0.4 is 5.73 Å². The molecule has 0 aliphatic heterocycles. The number of benzene rings is 1. The lowest BCUT2D eigenvalue weighted by atomic mass is 9.90. The quantitative estimate of drug-likeness (QED) is 0.734. The zero-order valence-electron chi connectivity index (χ0n) is 13.6. The Kier molecular flexibility index (Phi) is 6.17. The van der Waals surface area contributed by atoms with Crippen molar-refractivity contribution in [2.24, 2.45) is 11.7 Å². The summed E-state index contributed by atoms with van der Waals surface area (Å²) in [4.78, 5) is 24.4. The van der Waals surface area contributed by atoms with Gasteiger partial charge in [-0.1, -0.05) is 44.2 Å². The van der Waals surface area contributed by atoms with Crippen molar-refractivity contribution >= 4 is 6.03 Å². The van der Waals surface area contributed by atoms with E-state index in [9.17, 15) is 4.79 Å². The molecule has 0 saturated carbocycles. The second-order valence-corrected chi connectivity index (χ2v) is 5.84. The van der Waals surface area contributed by atoms with E-state index in [2.05, 4.69) is 23.8 Å². The van der Waals surface area contributed by atoms with Gasteiger partial charge in [0.1, 0.15) is 0 Å². The van der Waals surface area contributed by atoms with Crippen LogP contribution >= 0.6 is 0 Å². The molecule has 6 nitrogen and oxygen atoms in total. The standard InChI is InChI=1S/C17H24N4O2/c1-13(2)15(16-10-19-12-20-16)8-9-23-21(17(18)22)11-14-6-4-3-5-7-14/h3-7,10,12-13,15H,8-9,11H2,1-2H3,(H2,18,22)(H,19,20). The van der Waals surface area contributed by atoms with Crippen LogP contribution in [-0.4, -0.2) is 27.7 Å². The molecule has 2 amide bonds. The molecule has 0 spiro atoms. The van der Waals surface area contributed by atoms with E-state index in [1.54, 1.807) is 6.33 Å². The monoisotopic (exact) mass is 316 g/mol. The third-order valence-electron chi connectivity index (χ3n) is 3.81. The van der Waals surface area contributed by atoms with Crippen LogP contribution in [0.3, 0.4) is 0 Å². The van der Waals surface area contributed by atoms with Crippen molar-refractivity contribution in [1.82, 2.24) is 15.0 Å². The molecule has 1 atom stereocenters. The van der Waals surface area contributed by atoms with Crippen molar-refractivity contribution in [3.8, 4) is 0 Å². The number of hydrogen-bond acceptors (Lipinski definition) is 3. The Morgan fingerprint density at radius 1 is 1.35 bits per heavy atom. The smallest absolute Gasteiger partial charge is 0.339 e. The first kappa shape index (κ1) is 17.0. The fourth-order valence-electron chi connectivity index (χ4n) is 2.54. The summed E-state index contributed by atoms with van der Waals surface area (Å²) < 4.78 is 0. The molecule has 0 radical (unpaired) electrons. The zero-order chi connectivity index (χ0) is 16.7. The highest BCUT2D eigenvalue weighted by Crippen LogP contribution is 2.26. The number of aromatic amines is 1. The predicted molar refractivity (Wildman–Crippen MR) is 88.3 cm³/mol. The molecule has 1 heterocycles. The fourth-order valence-corrected chi connectivity index (χ4v) is 2.54. The number of urea groups is 1. The van der Waals surface area contributed by atoms with Crippen LogP contribution in [-0.2, 0) is 11.4 Å². The first-order valence-corrected chi connectivity index (χ1v) is 7.80. The lowest BCUT2D eigenvalue weighted by Crippen LogP contribution is -2.35. The van der Waals surface area contributed by atoms with Crippen LogP contribution in [0.2, 0.25) is 0 Å². The average Bonchev–Trinajstić information content (AvgIpc) is 3.04. The summed E-state index contributed by atoms with van der Waals surface area (Å²) in [6, 6.07) is 9.04. The second kappa shape index (κ2) is 8.33. The molecule has 2 rings (SSSR count). The lowest BCUT2D eigenvalue weighted by Gasteiger charge is -2.23. The predicted octanol–water partition coefficient (Wildman–Crippen LogP) is 3.05. The van der Waals surface area contributed by atoms with E-state index in [0.717, 1.165) is 17.7 Å². The average molecular weight is 316 g/mol. The number of aromatic nitrogens is 2. The van der Waals surface area contributed by atoms with Gasteiger partial charge in [0.25, 0.3) is 0 Å². The number of carbonyl (C=O) groups is 1. The van der Waals surface area contributed by atoms with Gasteiger partial charge >= 0.3 is 6.03 Å². The molecule has 0 bridgehead atoms. The van der Waals surface area contributed by atoms with E-state index in [-0.39, 0.29) is 0 Å². The summed E-state index contributed by atoms with van der Waals surface area (Å²) in [6.45, 7) is 5.06. The van der Waals surface area contributed by atoms with Crippen molar-refractivity contribution in [3.63, 3.8) is 0 Å². The van der Waals surface area contributed by atoms with Gasteiger partial charge in [0.2, 0.25) is 0 Å². The van der Waals surface area contributed by atoms with Gasteiger partial charge in [0, 0.05) is 17.8 Å². The minimum Gasteiger partial charge on any atom is -0.350 e. The van der Waals surface area contributed by atoms with Crippen molar-refractivity contribution in [2.75, 3.05) is 6.61 Å². The summed E-state index contributed by atoms with van der Waals surface area (Å²) >= 11 is 0. The van der Waals surface area contributed by atoms with Crippen LogP contribution in [0.25, 0.3) is 0 Å². The molecule has 1 unspecified atom stereocenters. The molecule has 23 heavy (non-hydrogen) atoms. The van der Waals surface area contributed by atoms with Crippen LogP contribution in [0, 0.1) is 5.92 Å². The van der Waals surface area contributed by atoms with Crippen molar-refractivity contribution in [1.29, 1.82) is 0 Å². The van der Waals surface area contributed by atoms with Gasteiger partial charge in [-0.2, -0.15) is 5.06 Å². The van der Waals surface area contributed by atoms with Crippen LogP contribution in [0.1, 0.15) is 37.4 Å². The van der Waals surface area contributed by atoms with Gasteiger partial charge in [-0.25, -0.2) is 9.78 Å². The largest absolute Gasteiger partial charge is 0.350 e. The molecular formula is C17H24N4O2. The molecule has 6 heteroatoms. The molecule has 0 fully saturated rings. The Morgan fingerprint density at radius 2 is 2.09 bits per heavy atom. The number of hydrogen-bond donors (Lipinski definition) is 2. The Bertz CT molecular complexity index is 584. The molecule has 0 aliphatic carbocycles. The van der Waals surface area contributed by atoms with Gasteiger partial charge in [0.15, 0.2) is 0 Å². The number of H-pyrrole nitrogens is 1. The number of primary amides is 1. The number of nitrogens with two attached hydrogens (primary N) is 1. The highest BCUT2D eigenvalue weighted by molar-refractivity contribution is 5.70. The molecular weight excluding hydrogens is 292 g/mol. The summed E-state index contributed by atoms with van der Waals surface area (Å²) in [7, 11) is 0. The van der Waals surface area contributed by atoms with E-state index in [1.165, 1.54) is 5.06 Å². The Hall–Kier alpha value is -2.34. The van der Waals surface area contributed by atoms with Crippen molar-refractivity contribution in [3.05, 3.63) is 54.1 Å². The Labute approximate surface area is 136 Å². The highest BCUT2D eigenvalue weighted by atomic mass is 16.7. The summed E-state index contributed by atoms with van der Waals surface area (Å²) in [5.74, 6) is 0.735. The SMILES string of the molecule is CC(C)C(CCON(Cc1ccccc1)C(N)=O)c1cnc[nH]1. The van der Waals surface area contributed by atoms with Gasteiger partial charge in [-0.3, -0.25) is 4.84 Å². The maximum atomic E-state index is 11.5. The molecule has 124 valence electrons. The lowest BCUT2D eigenvalue weighted by molar-refractivity contribution is -0.124. The fraction of sp³-hybridized carbons (Fsp3) is 0.412. The molecule has 1 aromatic heterocycles. The molecule has 0 aliphatic rings. The van der Waals surface area contributed by atoms with E-state index in [4.69, 9.17) is 10.6 Å². The molecule has 1 aromatic carbocycles. The van der Waals surface area contributed by atoms with E-state index in [0.29, 0.717) is 25.0 Å². The minimum atomic E-state index is -0.587. The molecule has 0 saturated heterocycles. The summed E-state index contributed by atoms with van der Waals surface area (Å²) in [5, 5.41) is 1.21. The summed E-state index contributed by atoms with van der Waals surface area (Å²) in [6.07, 6.45) is 4.29. The van der Waals surface area contributed by atoms with Gasteiger partial charge in [0.05, 0.1) is 19.5 Å². The topological polar surface area (TPSA) is 84.2 Å². The van der Waals surface area contributed by atoms with Crippen molar-refractivity contribution in [2.45, 2.75) is 32.7 Å². The Morgan fingerprint density at radius 3 is 2.65 bits per heavy atom. The van der Waals surface area contributed by atoms with Gasteiger partial charge < -0.3 is 10.7 Å². The third-order valence-corrected chi connectivity index (χ3v) is 3.81. The zero-order valence-corrected chi connectivity index (χ0v) is 13.6. The van der Waals surface area contributed by atoms with Crippen molar-refractivity contribution < 1.29 is 9.63 Å². The van der Waals surface area contributed by atoms with Crippen LogP contribution in [0.5, 0.6) is 0 Å². The number of nitrogens with one attached hydrogen (secondary N) is 1. The van der Waals surface area contributed by atoms with E-state index in [1.807, 2.05) is 36.5 Å². The number of rotatable bonds is 8. The number of imidazole rings is 1. The maximum absolute atomic E-state index is 11.5. The number of carbonyl (C=O) groups excluding carboxylic acids is 1. The van der Waals surface area contributed by atoms with E-state index < -0.39 is 6.03 Å². The number of nitrogens with zero attached hydrogens (tertiary/aromatic N) is 2. The van der Waals surface area contributed by atoms with Crippen LogP contribution in [0.4, 0.5) is 4.79 Å². The van der Waals surface area contributed by atoms with E-state index >= 15 is 0 Å². The molecule has 2 aromatic rings. The minimum absolute atomic E-state index is 0.295. The summed E-state index contributed by atoms with van der Waals surface area (Å²) in [5.41, 5.74) is 7.45. The third kappa shape index (κ3) is 5.10. The normalized spacial score (nSPS) is 12.3. The number of amides is 2. The maximum Gasteiger partial charge on any atom is 0.339 e. The first-order valence-electron chi connectivity index (χ1n) is 7.80. The second-order valence-electron chi connectivity index (χ2n) is 5.84. The molecule has 3 N–H and O–H groups in total. The van der Waals surface area contributed by atoms with Gasteiger partial charge in [-0.15, -0.1) is 0 Å². The first-order chi connectivity index (χ1) is 11.1. The van der Waals surface area contributed by atoms with Gasteiger partial charge in [-0.05, 0) is 17.9 Å². The highest BCUT2D eigenvalue weighted by Gasteiger charge is 2.19. The number of hydroxylamine groups is 2.